The summed E-state index contributed by atoms with van der Waals surface area (Å²) in [6, 6.07) is 13.2. The molecule has 2 aromatic rings. The Balaban J connectivity index is 1.52. The molecule has 2 N–H and O–H groups in total. The maximum absolute atomic E-state index is 12.4. The molecule has 1 aliphatic heterocycles. The average molecular weight is 474 g/mol. The van der Waals surface area contributed by atoms with Crippen LogP contribution in [0.3, 0.4) is 0 Å². The molecule has 1 atom stereocenters. The highest BCUT2D eigenvalue weighted by atomic mass is 35.5. The molecule has 0 aliphatic carbocycles. The van der Waals surface area contributed by atoms with Crippen molar-refractivity contribution in [3.63, 3.8) is 0 Å². The van der Waals surface area contributed by atoms with E-state index in [4.69, 9.17) is 32.7 Å². The molecule has 0 saturated carbocycles. The number of halogens is 2. The van der Waals surface area contributed by atoms with E-state index in [1.165, 1.54) is 12.1 Å². The Morgan fingerprint density at radius 1 is 1.19 bits per heavy atom. The number of nitriles is 1. The SMILES string of the molecule is N#C/C(=C\c1ccc(OCC(=O)NC[C@H]2CCCO2)cc1)C(=O)Nc1ccc(Cl)c(Cl)c1. The van der Waals surface area contributed by atoms with Crippen molar-refractivity contribution in [3.05, 3.63) is 63.6 Å². The summed E-state index contributed by atoms with van der Waals surface area (Å²) in [6.45, 7) is 1.10. The fraction of sp³-hybridized carbons (Fsp3) is 0.261. The predicted molar refractivity (Wildman–Crippen MR) is 123 cm³/mol. The van der Waals surface area contributed by atoms with Crippen molar-refractivity contribution in [3.8, 4) is 11.8 Å². The third-order valence-electron chi connectivity index (χ3n) is 4.65. The van der Waals surface area contributed by atoms with Crippen LogP contribution in [0.5, 0.6) is 5.75 Å². The van der Waals surface area contributed by atoms with Crippen LogP contribution in [0.2, 0.25) is 10.0 Å². The van der Waals surface area contributed by atoms with Crippen molar-refractivity contribution in [1.29, 1.82) is 5.26 Å². The second-order valence-electron chi connectivity index (χ2n) is 7.05. The van der Waals surface area contributed by atoms with Gasteiger partial charge in [-0.25, -0.2) is 0 Å². The molecule has 1 aliphatic rings. The number of hydrogen-bond donors (Lipinski definition) is 2. The summed E-state index contributed by atoms with van der Waals surface area (Å²) in [4.78, 5) is 24.3. The lowest BCUT2D eigenvalue weighted by molar-refractivity contribution is -0.123. The highest BCUT2D eigenvalue weighted by molar-refractivity contribution is 6.42. The number of anilines is 1. The monoisotopic (exact) mass is 473 g/mol. The van der Waals surface area contributed by atoms with E-state index in [9.17, 15) is 14.9 Å². The third-order valence-corrected chi connectivity index (χ3v) is 5.39. The smallest absolute Gasteiger partial charge is 0.266 e. The van der Waals surface area contributed by atoms with Crippen LogP contribution in [0, 0.1) is 11.3 Å². The van der Waals surface area contributed by atoms with Crippen LogP contribution in [0.15, 0.2) is 48.0 Å². The number of hydrogen-bond acceptors (Lipinski definition) is 5. The molecule has 32 heavy (non-hydrogen) atoms. The maximum atomic E-state index is 12.4. The quantitative estimate of drug-likeness (QED) is 0.441. The largest absolute Gasteiger partial charge is 0.484 e. The van der Waals surface area contributed by atoms with Crippen molar-refractivity contribution in [2.75, 3.05) is 25.1 Å². The van der Waals surface area contributed by atoms with Gasteiger partial charge in [0, 0.05) is 18.8 Å². The molecule has 0 unspecified atom stereocenters. The first-order valence-corrected chi connectivity index (χ1v) is 10.7. The van der Waals surface area contributed by atoms with Gasteiger partial charge in [-0.3, -0.25) is 9.59 Å². The van der Waals surface area contributed by atoms with Gasteiger partial charge in [0.1, 0.15) is 17.4 Å². The standard InChI is InChI=1S/C23H21Cl2N3O4/c24-20-8-5-17(11-21(20)25)28-23(30)16(12-26)10-15-3-6-18(7-4-15)32-14-22(29)27-13-19-2-1-9-31-19/h3-8,10-11,19H,1-2,9,13-14H2,(H,27,29)(H,28,30)/b16-10+/t19-/m1/s1. The van der Waals surface area contributed by atoms with E-state index in [0.717, 1.165) is 19.4 Å². The number of nitrogens with zero attached hydrogens (tertiary/aromatic N) is 1. The molecule has 0 spiro atoms. The Morgan fingerprint density at radius 3 is 2.62 bits per heavy atom. The van der Waals surface area contributed by atoms with Crippen molar-refractivity contribution in [1.82, 2.24) is 5.32 Å². The lowest BCUT2D eigenvalue weighted by Crippen LogP contribution is -2.35. The molecule has 1 fully saturated rings. The molecular weight excluding hydrogens is 453 g/mol. The highest BCUT2D eigenvalue weighted by Crippen LogP contribution is 2.25. The van der Waals surface area contributed by atoms with Gasteiger partial charge in [-0.05, 0) is 54.8 Å². The minimum atomic E-state index is -0.575. The molecule has 0 bridgehead atoms. The van der Waals surface area contributed by atoms with Crippen LogP contribution in [0.25, 0.3) is 6.08 Å². The molecule has 1 saturated heterocycles. The zero-order valence-electron chi connectivity index (χ0n) is 17.1. The zero-order chi connectivity index (χ0) is 22.9. The average Bonchev–Trinajstić information content (AvgIpc) is 3.31. The molecule has 2 aromatic carbocycles. The number of amides is 2. The van der Waals surface area contributed by atoms with Gasteiger partial charge in [0.15, 0.2) is 6.61 Å². The molecule has 1 heterocycles. The fourth-order valence-electron chi connectivity index (χ4n) is 2.98. The first kappa shape index (κ1) is 23.6. The number of carbonyl (C=O) groups is 2. The normalized spacial score (nSPS) is 15.7. The maximum Gasteiger partial charge on any atom is 0.266 e. The van der Waals surface area contributed by atoms with Gasteiger partial charge in [-0.15, -0.1) is 0 Å². The molecule has 9 heteroatoms. The summed E-state index contributed by atoms with van der Waals surface area (Å²) in [7, 11) is 0. The van der Waals surface area contributed by atoms with E-state index in [1.807, 2.05) is 6.07 Å². The van der Waals surface area contributed by atoms with E-state index >= 15 is 0 Å². The van der Waals surface area contributed by atoms with Crippen molar-refractivity contribution in [2.45, 2.75) is 18.9 Å². The van der Waals surface area contributed by atoms with Crippen molar-refractivity contribution in [2.24, 2.45) is 0 Å². The predicted octanol–water partition coefficient (Wildman–Crippen LogP) is 4.21. The van der Waals surface area contributed by atoms with E-state index in [-0.39, 0.29) is 24.2 Å². The first-order chi connectivity index (χ1) is 15.4. The van der Waals surface area contributed by atoms with Gasteiger partial charge in [0.2, 0.25) is 0 Å². The molecule has 0 radical (unpaired) electrons. The fourth-order valence-corrected chi connectivity index (χ4v) is 3.28. The van der Waals surface area contributed by atoms with Gasteiger partial charge in [0.05, 0.1) is 16.1 Å². The second-order valence-corrected chi connectivity index (χ2v) is 7.86. The van der Waals surface area contributed by atoms with Gasteiger partial charge >= 0.3 is 0 Å². The number of ether oxygens (including phenoxy) is 2. The van der Waals surface area contributed by atoms with Crippen LogP contribution < -0.4 is 15.4 Å². The van der Waals surface area contributed by atoms with Gasteiger partial charge < -0.3 is 20.1 Å². The number of rotatable bonds is 8. The summed E-state index contributed by atoms with van der Waals surface area (Å²) in [6.07, 6.45) is 3.49. The van der Waals surface area contributed by atoms with Crippen LogP contribution in [-0.2, 0) is 14.3 Å². The van der Waals surface area contributed by atoms with E-state index < -0.39 is 5.91 Å². The first-order valence-electron chi connectivity index (χ1n) is 9.94. The number of carbonyl (C=O) groups excluding carboxylic acids is 2. The van der Waals surface area contributed by atoms with Gasteiger partial charge in [-0.1, -0.05) is 35.3 Å². The summed E-state index contributed by atoms with van der Waals surface area (Å²) in [5.41, 5.74) is 0.964. The van der Waals surface area contributed by atoms with Crippen molar-refractivity contribution >= 4 is 46.8 Å². The van der Waals surface area contributed by atoms with Crippen LogP contribution in [-0.4, -0.2) is 37.7 Å². The molecule has 3 rings (SSSR count). The van der Waals surface area contributed by atoms with E-state index in [0.29, 0.717) is 33.6 Å². The second kappa shape index (κ2) is 11.5. The summed E-state index contributed by atoms with van der Waals surface area (Å²) in [5, 5.41) is 15.4. The van der Waals surface area contributed by atoms with Gasteiger partial charge in [-0.2, -0.15) is 5.26 Å². The van der Waals surface area contributed by atoms with Crippen LogP contribution in [0.1, 0.15) is 18.4 Å². The molecule has 7 nitrogen and oxygen atoms in total. The van der Waals surface area contributed by atoms with Gasteiger partial charge in [0.25, 0.3) is 11.8 Å². The lowest BCUT2D eigenvalue weighted by atomic mass is 10.1. The van der Waals surface area contributed by atoms with Crippen molar-refractivity contribution < 1.29 is 19.1 Å². The molecule has 2 amide bonds. The van der Waals surface area contributed by atoms with E-state index in [1.54, 1.807) is 36.4 Å². The highest BCUT2D eigenvalue weighted by Gasteiger charge is 2.16. The Hall–Kier alpha value is -3.05. The molecule has 166 valence electrons. The van der Waals surface area contributed by atoms with Crippen LogP contribution >= 0.6 is 23.2 Å². The minimum Gasteiger partial charge on any atom is -0.484 e. The number of benzene rings is 2. The summed E-state index contributed by atoms with van der Waals surface area (Å²) < 4.78 is 10.9. The lowest BCUT2D eigenvalue weighted by Gasteiger charge is -2.11. The molecule has 0 aromatic heterocycles. The Kier molecular flexibility index (Phi) is 8.51. The zero-order valence-corrected chi connectivity index (χ0v) is 18.6. The minimum absolute atomic E-state index is 0.0771. The number of nitrogens with one attached hydrogen (secondary N) is 2. The molecular formula is C23H21Cl2N3O4. The summed E-state index contributed by atoms with van der Waals surface area (Å²) in [5.74, 6) is -0.308. The Labute approximate surface area is 195 Å². The summed E-state index contributed by atoms with van der Waals surface area (Å²) >= 11 is 11.8. The van der Waals surface area contributed by atoms with Crippen LogP contribution in [0.4, 0.5) is 5.69 Å². The third kappa shape index (κ3) is 6.99. The Bertz CT molecular complexity index is 1040. The van der Waals surface area contributed by atoms with E-state index in [2.05, 4.69) is 10.6 Å². The Morgan fingerprint density at radius 2 is 1.97 bits per heavy atom. The topological polar surface area (TPSA) is 100 Å².